The van der Waals surface area contributed by atoms with Gasteiger partial charge in [0.15, 0.2) is 24.8 Å². The summed E-state index contributed by atoms with van der Waals surface area (Å²) in [5.74, 6) is -3.42. The molecule has 0 aliphatic carbocycles. The maximum Gasteiger partial charge on any atom is 0.407 e. The number of nitrogens with zero attached hydrogens (tertiary/aromatic N) is 2. The average molecular weight is 1170 g/mol. The number of nitrogens with one attached hydrogen (secondary N) is 1. The smallest absolute Gasteiger partial charge is 0.407 e. The SMILES string of the molecule is CC[C@H]1OC(=O)[C@H](C)[C@@H](O[C@H]2C[C@@](C)(OC)[C@@H](O)[C@H](C)O2)[C@H](C)[C@@H](O[C@@H]2O[C@H](C)C[C@H](N(C)C)[C@H]2OC(C)=O)[C@](C)(O)C[C@@H](C)CN(C)[C@H](C)[C@@H](OC(=O)NCCCCCCCCCC[P+](C)(c2ccccc2)c2ccccc2)[C@]1(C)O. The third kappa shape index (κ3) is 18.4. The van der Waals surface area contributed by atoms with Gasteiger partial charge in [0.25, 0.3) is 0 Å². The molecule has 0 saturated carbocycles. The Morgan fingerprint density at radius 3 is 1.93 bits per heavy atom. The van der Waals surface area contributed by atoms with Gasteiger partial charge in [-0.1, -0.05) is 89.3 Å². The molecule has 0 spiro atoms. The lowest BCUT2D eigenvalue weighted by atomic mass is 9.77. The molecule has 3 aliphatic heterocycles. The summed E-state index contributed by atoms with van der Waals surface area (Å²) in [6.07, 6.45) is 0.468. The first-order chi connectivity index (χ1) is 38.6. The topological polar surface area (TPSA) is 204 Å². The van der Waals surface area contributed by atoms with Gasteiger partial charge in [-0.25, -0.2) is 4.79 Å². The van der Waals surface area contributed by atoms with Gasteiger partial charge in [0, 0.05) is 45.5 Å². The predicted molar refractivity (Wildman–Crippen MR) is 323 cm³/mol. The second-order valence-corrected chi connectivity index (χ2v) is 29.3. The molecule has 0 unspecified atom stereocenters. The Morgan fingerprint density at radius 1 is 0.805 bits per heavy atom. The Hall–Kier alpha value is -3.32. The molecule has 82 heavy (non-hydrogen) atoms. The van der Waals surface area contributed by atoms with Crippen LogP contribution in [0.3, 0.4) is 0 Å². The van der Waals surface area contributed by atoms with Crippen LogP contribution in [0.15, 0.2) is 60.7 Å². The summed E-state index contributed by atoms with van der Waals surface area (Å²) < 4.78 is 51.1. The number of aliphatic hydroxyl groups excluding tert-OH is 1. The summed E-state index contributed by atoms with van der Waals surface area (Å²) in [6.45, 7) is 22.4. The summed E-state index contributed by atoms with van der Waals surface area (Å²) >= 11 is 0. The first-order valence-corrected chi connectivity index (χ1v) is 33.0. The molecule has 18 atom stereocenters. The van der Waals surface area contributed by atoms with Gasteiger partial charge < -0.3 is 63.4 Å². The lowest BCUT2D eigenvalue weighted by molar-refractivity contribution is -0.318. The molecule has 2 aromatic carbocycles. The molecular weight excluding hydrogens is 1070 g/mol. The standard InChI is InChI=1S/C64H106N3O14P/c1-17-52-64(11,73)58(81-61(71)65-36-30-22-20-18-19-21-23-31-37-82(16,49-32-26-24-27-33-49)50-34-28-25-29-35-50)46(6)67(14)41-42(2)39-62(9,72)57(80-60-55(77-48(8)68)51(66(12)13)38-43(3)75-60)44(4)54(45(5)59(70)78-52)79-53-40-63(10,74-15)56(69)47(7)76-53/h24-29,32-35,42-47,51-58,60,69,72-73H,17-23,30-31,36-41H2,1-16H3/p+1/t42-,43-,44+,45-,46-,47+,51+,52-,53+,54+,55-,56+,57-,58-,60+,62-,63-,64-/m1/s1. The van der Waals surface area contributed by atoms with Crippen LogP contribution < -0.4 is 15.9 Å². The van der Waals surface area contributed by atoms with Crippen LogP contribution in [0.4, 0.5) is 4.79 Å². The molecule has 466 valence electrons. The van der Waals surface area contributed by atoms with Crippen LogP contribution in [0.2, 0.25) is 0 Å². The number of aliphatic hydroxyl groups is 3. The van der Waals surface area contributed by atoms with E-state index in [-0.39, 0.29) is 37.3 Å². The molecule has 2 aromatic rings. The van der Waals surface area contributed by atoms with Crippen molar-refractivity contribution >= 4 is 35.9 Å². The molecule has 1 amide bonds. The van der Waals surface area contributed by atoms with Crippen LogP contribution in [-0.4, -0.2) is 188 Å². The van der Waals surface area contributed by atoms with E-state index in [0.29, 0.717) is 19.5 Å². The van der Waals surface area contributed by atoms with Gasteiger partial charge in [0.05, 0.1) is 78.3 Å². The molecule has 5 rings (SSSR count). The molecule has 17 nitrogen and oxygen atoms in total. The highest BCUT2D eigenvalue weighted by Gasteiger charge is 2.54. The lowest BCUT2D eigenvalue weighted by Crippen LogP contribution is -2.61. The van der Waals surface area contributed by atoms with Crippen molar-refractivity contribution in [2.75, 3.05) is 54.2 Å². The number of likely N-dealkylation sites (N-methyl/N-ethyl adjacent to an activating group) is 2. The second-order valence-electron chi connectivity index (χ2n) is 25.5. The van der Waals surface area contributed by atoms with Crippen molar-refractivity contribution in [3.63, 3.8) is 0 Å². The molecule has 3 saturated heterocycles. The normalized spacial score (nSPS) is 35.7. The van der Waals surface area contributed by atoms with Crippen LogP contribution in [0.25, 0.3) is 0 Å². The van der Waals surface area contributed by atoms with Crippen molar-refractivity contribution in [1.29, 1.82) is 0 Å². The minimum Gasteiger partial charge on any atom is -0.459 e. The van der Waals surface area contributed by atoms with Crippen LogP contribution in [-0.2, 0) is 47.5 Å². The number of carbonyl (C=O) groups excluding carboxylic acids is 3. The third-order valence-electron chi connectivity index (χ3n) is 18.1. The van der Waals surface area contributed by atoms with Crippen molar-refractivity contribution in [2.24, 2.45) is 17.8 Å². The highest BCUT2D eigenvalue weighted by atomic mass is 31.2. The highest BCUT2D eigenvalue weighted by molar-refractivity contribution is 7.88. The fourth-order valence-electron chi connectivity index (χ4n) is 13.1. The average Bonchev–Trinajstić information content (AvgIpc) is 3.57. The second kappa shape index (κ2) is 31.4. The van der Waals surface area contributed by atoms with Crippen molar-refractivity contribution < 1.29 is 67.6 Å². The van der Waals surface area contributed by atoms with E-state index in [0.717, 1.165) is 25.7 Å². The summed E-state index contributed by atoms with van der Waals surface area (Å²) in [5, 5.41) is 42.8. The number of benzene rings is 2. The van der Waals surface area contributed by atoms with Crippen LogP contribution in [0, 0.1) is 17.8 Å². The molecule has 4 N–H and O–H groups in total. The molecule has 18 heteroatoms. The van der Waals surface area contributed by atoms with E-state index in [2.05, 4.69) is 72.6 Å². The van der Waals surface area contributed by atoms with Crippen molar-refractivity contribution in [3.8, 4) is 0 Å². The largest absolute Gasteiger partial charge is 0.459 e. The number of carbonyl (C=O) groups is 3. The molecule has 0 aromatic heterocycles. The molecule has 0 radical (unpaired) electrons. The molecular formula is C64H107N3O14P+. The predicted octanol–water partition coefficient (Wildman–Crippen LogP) is 8.62. The maximum absolute atomic E-state index is 14.9. The van der Waals surface area contributed by atoms with Gasteiger partial charge in [-0.05, 0) is 138 Å². The summed E-state index contributed by atoms with van der Waals surface area (Å²) in [7, 11) is 5.71. The fourth-order valence-corrected chi connectivity index (χ4v) is 16.5. The number of unbranched alkanes of at least 4 members (excludes halogenated alkanes) is 7. The van der Waals surface area contributed by atoms with Gasteiger partial charge in [0.2, 0.25) is 0 Å². The van der Waals surface area contributed by atoms with E-state index in [1.54, 1.807) is 41.5 Å². The van der Waals surface area contributed by atoms with E-state index >= 15 is 0 Å². The molecule has 3 aliphatic rings. The Kier molecular flexibility index (Phi) is 26.6. The number of ether oxygens (including phenoxy) is 8. The van der Waals surface area contributed by atoms with E-state index in [1.165, 1.54) is 56.5 Å². The van der Waals surface area contributed by atoms with Crippen molar-refractivity contribution in [1.82, 2.24) is 15.1 Å². The summed E-state index contributed by atoms with van der Waals surface area (Å²) in [6, 6.07) is 21.1. The monoisotopic (exact) mass is 1170 g/mol. The summed E-state index contributed by atoms with van der Waals surface area (Å²) in [4.78, 5) is 45.5. The Bertz CT molecular complexity index is 2210. The molecule has 3 fully saturated rings. The quantitative estimate of drug-likeness (QED) is 0.0377. The number of alkyl carbamates (subject to hydrolysis) is 1. The van der Waals surface area contributed by atoms with E-state index in [1.807, 2.05) is 58.6 Å². The van der Waals surface area contributed by atoms with Gasteiger partial charge >= 0.3 is 18.0 Å². The van der Waals surface area contributed by atoms with Crippen LogP contribution >= 0.6 is 7.26 Å². The number of cyclic esters (lactones) is 1. The lowest BCUT2D eigenvalue weighted by Gasteiger charge is -2.49. The highest BCUT2D eigenvalue weighted by Crippen LogP contribution is 2.53. The number of methoxy groups -OCH3 is 1. The number of esters is 2. The van der Waals surface area contributed by atoms with E-state index in [9.17, 15) is 29.7 Å². The Balaban J connectivity index is 1.32. The molecule has 3 heterocycles. The first kappa shape index (κ1) is 69.5. The number of hydrogen-bond donors (Lipinski definition) is 4. The zero-order valence-corrected chi connectivity index (χ0v) is 53.6. The first-order valence-electron chi connectivity index (χ1n) is 30.5. The third-order valence-corrected chi connectivity index (χ3v) is 22.2. The minimum absolute atomic E-state index is 0.0890. The van der Waals surface area contributed by atoms with E-state index < -0.39 is 115 Å². The van der Waals surface area contributed by atoms with Crippen molar-refractivity contribution in [2.45, 2.75) is 244 Å². The zero-order chi connectivity index (χ0) is 60.7. The number of rotatable bonds is 22. The minimum atomic E-state index is -1.90. The summed E-state index contributed by atoms with van der Waals surface area (Å²) in [5.41, 5.74) is -4.64. The molecule has 0 bridgehead atoms. The van der Waals surface area contributed by atoms with E-state index in [4.69, 9.17) is 37.9 Å². The maximum atomic E-state index is 14.9. The Morgan fingerprint density at radius 2 is 1.38 bits per heavy atom. The zero-order valence-electron chi connectivity index (χ0n) is 52.7. The van der Waals surface area contributed by atoms with Gasteiger partial charge in [-0.3, -0.25) is 14.5 Å². The van der Waals surface area contributed by atoms with Crippen molar-refractivity contribution in [3.05, 3.63) is 60.7 Å². The fraction of sp³-hybridized carbons (Fsp3) is 0.766. The number of amides is 1. The van der Waals surface area contributed by atoms with Gasteiger partial charge in [-0.15, -0.1) is 0 Å². The van der Waals surface area contributed by atoms with Crippen LogP contribution in [0.5, 0.6) is 0 Å². The van der Waals surface area contributed by atoms with Gasteiger partial charge in [0.1, 0.15) is 17.8 Å². The van der Waals surface area contributed by atoms with Crippen LogP contribution in [0.1, 0.15) is 153 Å². The Labute approximate surface area is 492 Å². The number of hydrogen-bond acceptors (Lipinski definition) is 16. The van der Waals surface area contributed by atoms with Gasteiger partial charge in [-0.2, -0.15) is 0 Å².